The molecule has 3 aromatic rings. The molecule has 2 aromatic carbocycles. The first-order valence-electron chi connectivity index (χ1n) is 10.9. The number of methoxy groups -OCH3 is 1. The van der Waals surface area contributed by atoms with Gasteiger partial charge in [0, 0.05) is 17.7 Å². The van der Waals surface area contributed by atoms with Crippen molar-refractivity contribution in [2.75, 3.05) is 12.0 Å². The van der Waals surface area contributed by atoms with Gasteiger partial charge in [-0.15, -0.1) is 0 Å². The van der Waals surface area contributed by atoms with Crippen LogP contribution in [-0.4, -0.2) is 35.0 Å². The summed E-state index contributed by atoms with van der Waals surface area (Å²) < 4.78 is 5.50. The first kappa shape index (κ1) is 24.2. The minimum absolute atomic E-state index is 0.143. The van der Waals surface area contributed by atoms with Crippen LogP contribution < -0.4 is 9.64 Å². The number of rotatable bonds is 8. The zero-order valence-corrected chi connectivity index (χ0v) is 20.3. The molecule has 0 radical (unpaired) electrons. The third kappa shape index (κ3) is 4.44. The van der Waals surface area contributed by atoms with Crippen LogP contribution in [0.1, 0.15) is 31.9 Å². The van der Waals surface area contributed by atoms with Crippen molar-refractivity contribution in [3.8, 4) is 16.9 Å². The van der Waals surface area contributed by atoms with Gasteiger partial charge in [-0.3, -0.25) is 19.3 Å². The summed E-state index contributed by atoms with van der Waals surface area (Å²) in [7, 11) is 1.48. The van der Waals surface area contributed by atoms with Crippen LogP contribution >= 0.6 is 11.3 Å². The molecule has 0 aliphatic carbocycles. The maximum Gasteiger partial charge on any atom is 0.309 e. The number of carboxylic acids is 1. The van der Waals surface area contributed by atoms with Crippen LogP contribution in [0.2, 0.25) is 0 Å². The number of ketones is 1. The molecule has 180 valence electrons. The van der Waals surface area contributed by atoms with Crippen LogP contribution in [0, 0.1) is 5.41 Å². The van der Waals surface area contributed by atoms with E-state index in [4.69, 9.17) is 4.74 Å². The molecule has 0 saturated heterocycles. The number of para-hydroxylation sites is 1. The minimum Gasteiger partial charge on any atom is -0.503 e. The summed E-state index contributed by atoms with van der Waals surface area (Å²) in [5.41, 5.74) is 1.47. The topological polar surface area (TPSA) is 104 Å². The van der Waals surface area contributed by atoms with Gasteiger partial charge in [0.25, 0.3) is 5.91 Å². The summed E-state index contributed by atoms with van der Waals surface area (Å²) in [6, 6.07) is 15.2. The molecule has 0 saturated carbocycles. The maximum absolute atomic E-state index is 13.4. The van der Waals surface area contributed by atoms with Gasteiger partial charge < -0.3 is 14.9 Å². The molecular weight excluding hydrogens is 466 g/mol. The smallest absolute Gasteiger partial charge is 0.309 e. The fourth-order valence-corrected chi connectivity index (χ4v) is 4.82. The van der Waals surface area contributed by atoms with Gasteiger partial charge in [0.2, 0.25) is 0 Å². The Kier molecular flexibility index (Phi) is 6.49. The molecule has 7 nitrogen and oxygen atoms in total. The number of thiophene rings is 1. The molecule has 1 unspecified atom stereocenters. The Bertz CT molecular complexity index is 1310. The molecule has 1 aliphatic rings. The van der Waals surface area contributed by atoms with Gasteiger partial charge in [0.05, 0.1) is 24.1 Å². The first-order chi connectivity index (χ1) is 16.7. The summed E-state index contributed by atoms with van der Waals surface area (Å²) in [4.78, 5) is 39.7. The van der Waals surface area contributed by atoms with Crippen LogP contribution in [-0.2, 0) is 14.4 Å². The Morgan fingerprint density at radius 3 is 2.34 bits per heavy atom. The molecule has 0 spiro atoms. The number of hydrogen-bond donors (Lipinski definition) is 2. The second-order valence-corrected chi connectivity index (χ2v) is 9.71. The highest BCUT2D eigenvalue weighted by atomic mass is 32.1. The van der Waals surface area contributed by atoms with Gasteiger partial charge in [-0.25, -0.2) is 0 Å². The summed E-state index contributed by atoms with van der Waals surface area (Å²) in [5, 5.41) is 24.4. The lowest BCUT2D eigenvalue weighted by molar-refractivity contribution is -0.148. The van der Waals surface area contributed by atoms with Crippen molar-refractivity contribution in [2.45, 2.75) is 26.3 Å². The Labute approximate surface area is 206 Å². The van der Waals surface area contributed by atoms with E-state index in [0.29, 0.717) is 17.0 Å². The van der Waals surface area contributed by atoms with Crippen molar-refractivity contribution in [3.63, 3.8) is 0 Å². The van der Waals surface area contributed by atoms with Crippen molar-refractivity contribution in [3.05, 3.63) is 82.3 Å². The number of carboxylic acid groups (broad SMARTS) is 1. The highest BCUT2D eigenvalue weighted by Gasteiger charge is 2.46. The molecule has 8 heteroatoms. The molecule has 4 rings (SSSR count). The Morgan fingerprint density at radius 1 is 1.06 bits per heavy atom. The lowest BCUT2D eigenvalue weighted by Crippen LogP contribution is -2.32. The number of hydrogen-bond acceptors (Lipinski definition) is 6. The second kappa shape index (κ2) is 9.38. The molecule has 2 N–H and O–H groups in total. The van der Waals surface area contributed by atoms with Crippen LogP contribution in [0.15, 0.2) is 76.7 Å². The zero-order chi connectivity index (χ0) is 25.3. The largest absolute Gasteiger partial charge is 0.503 e. The number of aliphatic carboxylic acids is 1. The number of amides is 1. The number of aliphatic hydroxyl groups excluding tert-OH is 1. The monoisotopic (exact) mass is 491 g/mol. The fourth-order valence-electron chi connectivity index (χ4n) is 4.16. The minimum atomic E-state index is -1.38. The average Bonchev–Trinajstić information content (AvgIpc) is 3.46. The fraction of sp³-hybridized carbons (Fsp3) is 0.222. The van der Waals surface area contributed by atoms with Gasteiger partial charge in [0.15, 0.2) is 11.5 Å². The third-order valence-corrected chi connectivity index (χ3v) is 6.81. The number of carbonyl (C=O) groups excluding carboxylic acids is 2. The van der Waals surface area contributed by atoms with E-state index < -0.39 is 34.9 Å². The van der Waals surface area contributed by atoms with E-state index in [-0.39, 0.29) is 12.0 Å². The van der Waals surface area contributed by atoms with E-state index in [1.165, 1.54) is 25.9 Å². The van der Waals surface area contributed by atoms with Gasteiger partial charge in [-0.1, -0.05) is 30.3 Å². The SMILES string of the molecule is COc1ccccc1C1C(C(=O)CC(C)(C)C(=O)O)=C(O)C(=O)N1c1ccc(-c2ccsc2)cc1. The van der Waals surface area contributed by atoms with Crippen LogP contribution in [0.25, 0.3) is 11.1 Å². The quantitative estimate of drug-likeness (QED) is 0.438. The first-order valence-corrected chi connectivity index (χ1v) is 11.9. The molecule has 1 atom stereocenters. The summed E-state index contributed by atoms with van der Waals surface area (Å²) in [5.74, 6) is -2.75. The molecule has 1 amide bonds. The van der Waals surface area contributed by atoms with Crippen LogP contribution in [0.5, 0.6) is 5.75 Å². The van der Waals surface area contributed by atoms with Crippen molar-refractivity contribution in [1.82, 2.24) is 0 Å². The number of Topliss-reactive ketones (excluding diaryl/α,β-unsaturated/α-hetero) is 1. The molecule has 0 fully saturated rings. The van der Waals surface area contributed by atoms with Gasteiger partial charge in [-0.05, 0) is 60.0 Å². The highest BCUT2D eigenvalue weighted by molar-refractivity contribution is 7.08. The third-order valence-electron chi connectivity index (χ3n) is 6.12. The number of benzene rings is 2. The Hall–Kier alpha value is -3.91. The predicted molar refractivity (Wildman–Crippen MR) is 134 cm³/mol. The number of nitrogens with zero attached hydrogens (tertiary/aromatic N) is 1. The molecular formula is C27H25NO6S. The molecule has 35 heavy (non-hydrogen) atoms. The summed E-state index contributed by atoms with van der Waals surface area (Å²) >= 11 is 1.58. The molecule has 2 heterocycles. The normalized spacial score (nSPS) is 16.0. The van der Waals surface area contributed by atoms with Gasteiger partial charge in [-0.2, -0.15) is 11.3 Å². The van der Waals surface area contributed by atoms with E-state index in [9.17, 15) is 24.6 Å². The summed E-state index contributed by atoms with van der Waals surface area (Å²) in [6.45, 7) is 2.86. The van der Waals surface area contributed by atoms with E-state index in [0.717, 1.165) is 11.1 Å². The number of anilines is 1. The molecule has 1 aromatic heterocycles. The molecule has 1 aliphatic heterocycles. The highest BCUT2D eigenvalue weighted by Crippen LogP contribution is 2.45. The van der Waals surface area contributed by atoms with Gasteiger partial charge in [0.1, 0.15) is 5.75 Å². The number of ether oxygens (including phenoxy) is 1. The Balaban J connectivity index is 1.82. The van der Waals surface area contributed by atoms with Crippen molar-refractivity contribution in [2.24, 2.45) is 5.41 Å². The van der Waals surface area contributed by atoms with E-state index in [1.807, 2.05) is 29.0 Å². The van der Waals surface area contributed by atoms with E-state index >= 15 is 0 Å². The van der Waals surface area contributed by atoms with E-state index in [1.54, 1.807) is 47.7 Å². The number of aliphatic hydroxyl groups is 1. The van der Waals surface area contributed by atoms with Crippen molar-refractivity contribution >= 4 is 34.7 Å². The number of carbonyl (C=O) groups is 3. The zero-order valence-electron chi connectivity index (χ0n) is 19.5. The van der Waals surface area contributed by atoms with Crippen LogP contribution in [0.3, 0.4) is 0 Å². The second-order valence-electron chi connectivity index (χ2n) is 8.93. The lowest BCUT2D eigenvalue weighted by atomic mass is 9.83. The lowest BCUT2D eigenvalue weighted by Gasteiger charge is -2.29. The van der Waals surface area contributed by atoms with E-state index in [2.05, 4.69) is 0 Å². The van der Waals surface area contributed by atoms with Gasteiger partial charge >= 0.3 is 5.97 Å². The van der Waals surface area contributed by atoms with Crippen LogP contribution in [0.4, 0.5) is 5.69 Å². The van der Waals surface area contributed by atoms with Crippen molar-refractivity contribution in [1.29, 1.82) is 0 Å². The summed E-state index contributed by atoms with van der Waals surface area (Å²) in [6.07, 6.45) is -0.383. The van der Waals surface area contributed by atoms with Crippen molar-refractivity contribution < 1.29 is 29.3 Å². The standard InChI is InChI=1S/C27H25NO6S/c1-27(2,26(32)33)14-20(29)22-23(19-6-4-5-7-21(19)34-3)28(25(31)24(22)30)18-10-8-16(9-11-18)17-12-13-35-15-17/h4-13,15,23,30H,14H2,1-3H3,(H,32,33). The molecule has 0 bridgehead atoms. The maximum atomic E-state index is 13.4. The Morgan fingerprint density at radius 2 is 1.74 bits per heavy atom. The predicted octanol–water partition coefficient (Wildman–Crippen LogP) is 5.39. The average molecular weight is 492 g/mol.